The molecule has 0 saturated carbocycles. The second-order valence-corrected chi connectivity index (χ2v) is 14.7. The molecule has 4 rings (SSSR count). The third-order valence-electron chi connectivity index (χ3n) is 6.55. The highest BCUT2D eigenvalue weighted by molar-refractivity contribution is 8.08. The van der Waals surface area contributed by atoms with Crippen LogP contribution in [0, 0.1) is 0 Å². The van der Waals surface area contributed by atoms with E-state index >= 15 is 4.39 Å². The maximum atomic E-state index is 16.2. The molecule has 10 N–H and O–H groups in total. The number of nitrogens with zero attached hydrogens (tertiary/aromatic N) is 2. The number of rotatable bonds is 11. The van der Waals surface area contributed by atoms with Gasteiger partial charge in [0.05, 0.1) is 23.4 Å². The molecule has 2 aliphatic rings. The van der Waals surface area contributed by atoms with Gasteiger partial charge in [-0.1, -0.05) is 6.58 Å². The Bertz CT molecular complexity index is 1470. The van der Waals surface area contributed by atoms with Crippen LogP contribution in [0.3, 0.4) is 0 Å². The van der Waals surface area contributed by atoms with Gasteiger partial charge in [0.25, 0.3) is 0 Å². The van der Waals surface area contributed by atoms with Crippen molar-refractivity contribution >= 4 is 53.7 Å². The van der Waals surface area contributed by atoms with Crippen molar-refractivity contribution in [3.63, 3.8) is 0 Å². The first-order valence-electron chi connectivity index (χ1n) is 12.1. The molecular weight excluding hydrogens is 663 g/mol. The highest BCUT2D eigenvalue weighted by Crippen LogP contribution is 2.62. The first-order valence-corrected chi connectivity index (χ1v) is 17.1. The third kappa shape index (κ3) is 7.07. The van der Waals surface area contributed by atoms with Crippen LogP contribution < -0.4 is 5.73 Å². The summed E-state index contributed by atoms with van der Waals surface area (Å²) in [4.78, 5) is 28.6. The first kappa shape index (κ1) is 34.5. The molecule has 4 heterocycles. The number of aliphatic hydroxyl groups excluding tert-OH is 6. The van der Waals surface area contributed by atoms with Crippen molar-refractivity contribution in [2.24, 2.45) is 0 Å². The predicted octanol–water partition coefficient (Wildman–Crippen LogP) is -1.35. The third-order valence-corrected chi connectivity index (χ3v) is 11.1. The smallest absolute Gasteiger partial charge is 0.394 e. The van der Waals surface area contributed by atoms with Crippen LogP contribution in [0.5, 0.6) is 0 Å². The minimum absolute atomic E-state index is 0.133. The monoisotopic (exact) mass is 691 g/mol. The van der Waals surface area contributed by atoms with Gasteiger partial charge in [-0.15, -0.1) is 17.1 Å². The number of nitrogens with two attached hydrogens (primary N) is 1. The highest BCUT2D eigenvalue weighted by Gasteiger charge is 2.57. The van der Waals surface area contributed by atoms with Gasteiger partial charge in [-0.05, 0) is 23.3 Å². The van der Waals surface area contributed by atoms with E-state index in [9.17, 15) is 39.9 Å². The zero-order valence-corrected chi connectivity index (χ0v) is 25.1. The van der Waals surface area contributed by atoms with Gasteiger partial charge >= 0.3 is 14.5 Å². The molecule has 22 heteroatoms. The van der Waals surface area contributed by atoms with Gasteiger partial charge in [0.2, 0.25) is 0 Å². The standard InChI is InChI=1S/C21H28FN3O14P2S2/c1-2-3-21(22)17(31)10(36-18(21)8-6-43-16-11(8)24-7-25-19(16)23)5-35-41(34,42)39-40(32,33)38-20-14(30)12(28)13(29)15(37-20)9(27)4-26/h3,6-7,9-10,12-15,17-18,20,26-31H,1,4-5H2,(H,32,33)(H,34,42)(H2,23,24,25)/t9-,10+,12?,13?,14?,15?,17+,18-,20?,21+,41?/m0/s1. The lowest BCUT2D eigenvalue weighted by molar-refractivity contribution is -0.292. The summed E-state index contributed by atoms with van der Waals surface area (Å²) in [6, 6.07) is 0. The number of halogens is 1. The average molecular weight is 692 g/mol. The summed E-state index contributed by atoms with van der Waals surface area (Å²) < 4.78 is 54.1. The summed E-state index contributed by atoms with van der Waals surface area (Å²) in [5.74, 6) is 0.133. The fourth-order valence-corrected chi connectivity index (χ4v) is 8.52. The Hall–Kier alpha value is -1.35. The van der Waals surface area contributed by atoms with Crippen LogP contribution in [0.1, 0.15) is 11.7 Å². The first-order chi connectivity index (χ1) is 20.0. The van der Waals surface area contributed by atoms with E-state index in [0.717, 1.165) is 23.7 Å². The van der Waals surface area contributed by atoms with Crippen LogP contribution >= 0.6 is 25.9 Å². The van der Waals surface area contributed by atoms with E-state index in [1.54, 1.807) is 0 Å². The maximum absolute atomic E-state index is 16.2. The van der Waals surface area contributed by atoms with Crippen molar-refractivity contribution < 1.29 is 72.2 Å². The summed E-state index contributed by atoms with van der Waals surface area (Å²) in [5.41, 5.74) is 5.92. The van der Waals surface area contributed by atoms with E-state index < -0.39 is 88.5 Å². The molecule has 0 radical (unpaired) electrons. The molecular formula is C21H28FN3O14P2S2. The summed E-state index contributed by atoms with van der Waals surface area (Å²) in [7, 11) is -5.51. The number of hydrogen-bond acceptors (Lipinski definition) is 17. The Kier molecular flexibility index (Phi) is 10.6. The Morgan fingerprint density at radius 3 is 2.60 bits per heavy atom. The zero-order valence-electron chi connectivity index (χ0n) is 21.6. The van der Waals surface area contributed by atoms with Gasteiger partial charge in [-0.2, -0.15) is 0 Å². The van der Waals surface area contributed by atoms with Crippen LogP contribution in [0.15, 0.2) is 30.1 Å². The average Bonchev–Trinajstić information content (AvgIpc) is 3.46. The van der Waals surface area contributed by atoms with Crippen molar-refractivity contribution in [1.29, 1.82) is 0 Å². The van der Waals surface area contributed by atoms with Crippen LogP contribution in [0.25, 0.3) is 10.2 Å². The van der Waals surface area contributed by atoms with Gasteiger partial charge in [0, 0.05) is 5.56 Å². The van der Waals surface area contributed by atoms with Crippen LogP contribution in [0.4, 0.5) is 10.2 Å². The van der Waals surface area contributed by atoms with E-state index in [1.165, 1.54) is 5.38 Å². The van der Waals surface area contributed by atoms with Gasteiger partial charge in [0.15, 0.2) is 12.0 Å². The Labute approximate surface area is 251 Å². The number of nitrogen functional groups attached to an aromatic ring is 1. The number of ether oxygens (including phenoxy) is 2. The molecule has 0 aliphatic carbocycles. The van der Waals surface area contributed by atoms with Crippen molar-refractivity contribution in [2.45, 2.75) is 60.8 Å². The fourth-order valence-electron chi connectivity index (χ4n) is 4.48. The number of anilines is 1. The number of phosphoric acid groups is 1. The Balaban J connectivity index is 1.46. The lowest BCUT2D eigenvalue weighted by atomic mass is 9.89. The minimum atomic E-state index is -5.51. The molecule has 0 bridgehead atoms. The Morgan fingerprint density at radius 2 is 1.95 bits per heavy atom. The number of aromatic nitrogens is 2. The molecule has 43 heavy (non-hydrogen) atoms. The van der Waals surface area contributed by atoms with Gasteiger partial charge in [-0.25, -0.2) is 23.2 Å². The number of aliphatic hydroxyl groups is 6. The number of thiophene rings is 1. The van der Waals surface area contributed by atoms with E-state index in [-0.39, 0.29) is 16.9 Å². The summed E-state index contributed by atoms with van der Waals surface area (Å²) in [6.07, 6.45) is -15.0. The molecule has 2 fully saturated rings. The number of alkyl halides is 1. The van der Waals surface area contributed by atoms with E-state index in [4.69, 9.17) is 36.6 Å². The van der Waals surface area contributed by atoms with Crippen molar-refractivity contribution in [3.8, 4) is 0 Å². The minimum Gasteiger partial charge on any atom is -0.394 e. The molecule has 2 aromatic rings. The van der Waals surface area contributed by atoms with Crippen LogP contribution in [0.2, 0.25) is 0 Å². The number of hydrogen-bond donors (Lipinski definition) is 9. The maximum Gasteiger partial charge on any atom is 0.481 e. The summed E-state index contributed by atoms with van der Waals surface area (Å²) in [6.45, 7) is -3.26. The van der Waals surface area contributed by atoms with E-state index in [1.807, 2.05) is 0 Å². The highest BCUT2D eigenvalue weighted by atomic mass is 32.5. The quantitative estimate of drug-likeness (QED) is 0.0973. The van der Waals surface area contributed by atoms with Gasteiger partial charge in [0.1, 0.15) is 61.0 Å². The van der Waals surface area contributed by atoms with Crippen molar-refractivity contribution in [3.05, 3.63) is 35.7 Å². The van der Waals surface area contributed by atoms with Crippen molar-refractivity contribution in [2.75, 3.05) is 18.9 Å². The fraction of sp³-hybridized carbons (Fsp3) is 0.571. The molecule has 2 saturated heterocycles. The molecule has 2 aliphatic heterocycles. The Morgan fingerprint density at radius 1 is 1.26 bits per heavy atom. The largest absolute Gasteiger partial charge is 0.481 e. The van der Waals surface area contributed by atoms with Crippen LogP contribution in [-0.4, -0.2) is 118 Å². The molecule has 17 nitrogen and oxygen atoms in total. The van der Waals surface area contributed by atoms with Gasteiger partial charge in [-0.3, -0.25) is 4.52 Å². The van der Waals surface area contributed by atoms with E-state index in [0.29, 0.717) is 4.70 Å². The number of fused-ring (bicyclic) bond motifs is 1. The topological polar surface area (TPSA) is 277 Å². The molecule has 0 amide bonds. The lowest BCUT2D eigenvalue weighted by Crippen LogP contribution is -2.61. The van der Waals surface area contributed by atoms with Gasteiger partial charge < -0.3 is 60.2 Å². The number of phosphoric ester groups is 1. The second-order valence-electron chi connectivity index (χ2n) is 9.41. The summed E-state index contributed by atoms with van der Waals surface area (Å²) >= 11 is 5.84. The van der Waals surface area contributed by atoms with E-state index in [2.05, 4.69) is 31.1 Å². The summed E-state index contributed by atoms with van der Waals surface area (Å²) in [5, 5.41) is 61.2. The lowest BCUT2D eigenvalue weighted by Gasteiger charge is -2.41. The molecule has 0 aromatic carbocycles. The normalized spacial score (nSPS) is 36.5. The predicted molar refractivity (Wildman–Crippen MR) is 147 cm³/mol. The SMILES string of the molecule is C=C=C[C@@]1(F)[C@H](O)[C@@H](COP(O)(=S)OP(=O)(O)OC2OC([C@@H](O)CO)C(O)C(O)C2O)O[C@H]1c1csc2c(N)ncnc12. The molecule has 240 valence electrons. The molecule has 7 unspecified atom stereocenters. The molecule has 2 aromatic heterocycles. The van der Waals surface area contributed by atoms with Crippen molar-refractivity contribution in [1.82, 2.24) is 9.97 Å². The van der Waals surface area contributed by atoms with Crippen LogP contribution in [-0.2, 0) is 39.2 Å². The zero-order chi connectivity index (χ0) is 31.9. The molecule has 0 spiro atoms. The second kappa shape index (κ2) is 13.2. The molecule has 12 atom stereocenters.